The lowest BCUT2D eigenvalue weighted by atomic mass is 10.3. The normalized spacial score (nSPS) is 11.1. The predicted molar refractivity (Wildman–Crippen MR) is 96.2 cm³/mol. The fourth-order valence-corrected chi connectivity index (χ4v) is 3.49. The number of halogens is 2. The first kappa shape index (κ1) is 17.2. The average Bonchev–Trinajstić information content (AvgIpc) is 2.57. The summed E-state index contributed by atoms with van der Waals surface area (Å²) >= 11 is 5.94. The number of anilines is 3. The van der Waals surface area contributed by atoms with E-state index in [1.165, 1.54) is 42.6 Å². The molecule has 0 saturated carbocycles. The lowest BCUT2D eigenvalue weighted by Gasteiger charge is -2.13. The maximum Gasteiger partial charge on any atom is 0.265 e. The number of hydrogen-bond acceptors (Lipinski definition) is 4. The van der Waals surface area contributed by atoms with E-state index in [-0.39, 0.29) is 16.4 Å². The van der Waals surface area contributed by atoms with Gasteiger partial charge in [-0.15, -0.1) is 0 Å². The molecule has 0 radical (unpaired) electrons. The van der Waals surface area contributed by atoms with E-state index in [4.69, 9.17) is 11.6 Å². The van der Waals surface area contributed by atoms with E-state index in [9.17, 15) is 12.8 Å². The van der Waals surface area contributed by atoms with Crippen molar-refractivity contribution < 1.29 is 12.8 Å². The lowest BCUT2D eigenvalue weighted by molar-refractivity contribution is 0.601. The summed E-state index contributed by atoms with van der Waals surface area (Å²) in [6.45, 7) is 0. The quantitative estimate of drug-likeness (QED) is 0.690. The number of sulfonamides is 1. The number of hydrogen-bond donors (Lipinski definition) is 2. The highest BCUT2D eigenvalue weighted by Gasteiger charge is 2.20. The van der Waals surface area contributed by atoms with E-state index >= 15 is 0 Å². The summed E-state index contributed by atoms with van der Waals surface area (Å²) in [5.41, 5.74) is 0.850. The molecule has 0 aliphatic carbocycles. The van der Waals surface area contributed by atoms with E-state index in [0.717, 1.165) is 0 Å². The zero-order chi connectivity index (χ0) is 17.9. The van der Waals surface area contributed by atoms with Crippen molar-refractivity contribution in [3.05, 3.63) is 77.7 Å². The van der Waals surface area contributed by atoms with Gasteiger partial charge >= 0.3 is 0 Å². The van der Waals surface area contributed by atoms with Gasteiger partial charge in [-0.05, 0) is 54.6 Å². The molecule has 128 valence electrons. The topological polar surface area (TPSA) is 71.1 Å². The average molecular weight is 378 g/mol. The molecule has 0 fully saturated rings. The Morgan fingerprint density at radius 3 is 2.44 bits per heavy atom. The van der Waals surface area contributed by atoms with E-state index in [1.807, 2.05) is 0 Å². The molecule has 0 aliphatic rings. The van der Waals surface area contributed by atoms with Crippen molar-refractivity contribution in [1.82, 2.24) is 4.98 Å². The van der Waals surface area contributed by atoms with Crippen LogP contribution in [0.1, 0.15) is 0 Å². The number of benzene rings is 2. The van der Waals surface area contributed by atoms with Crippen LogP contribution in [-0.4, -0.2) is 13.4 Å². The van der Waals surface area contributed by atoms with Crippen LogP contribution in [0, 0.1) is 5.82 Å². The summed E-state index contributed by atoms with van der Waals surface area (Å²) in [5, 5.41) is 3.45. The predicted octanol–water partition coefficient (Wildman–Crippen LogP) is 4.42. The molecule has 2 aromatic carbocycles. The summed E-state index contributed by atoms with van der Waals surface area (Å²) in [4.78, 5) is 4.05. The third kappa shape index (κ3) is 4.26. The Morgan fingerprint density at radius 2 is 1.72 bits per heavy atom. The minimum absolute atomic E-state index is 0.0423. The molecule has 8 heteroatoms. The first-order valence-corrected chi connectivity index (χ1v) is 9.06. The van der Waals surface area contributed by atoms with Crippen molar-refractivity contribution in [3.8, 4) is 0 Å². The summed E-state index contributed by atoms with van der Waals surface area (Å²) in [7, 11) is -3.92. The molecule has 5 nitrogen and oxygen atoms in total. The molecular weight excluding hydrogens is 365 g/mol. The van der Waals surface area contributed by atoms with Crippen molar-refractivity contribution in [2.24, 2.45) is 0 Å². The van der Waals surface area contributed by atoms with Crippen molar-refractivity contribution in [2.45, 2.75) is 4.90 Å². The van der Waals surface area contributed by atoms with E-state index < -0.39 is 15.8 Å². The molecule has 1 heterocycles. The standard InChI is InChI=1S/C17H13ClFN3O2S/c18-12-3-1-4-15(11-12)21-17-16(5-2-10-20-17)25(23,24)22-14-8-6-13(19)7-9-14/h1-11,22H,(H,20,21). The largest absolute Gasteiger partial charge is 0.339 e. The second-order valence-electron chi connectivity index (χ2n) is 5.10. The van der Waals surface area contributed by atoms with Crippen molar-refractivity contribution in [2.75, 3.05) is 10.0 Å². The summed E-state index contributed by atoms with van der Waals surface area (Å²) in [6.07, 6.45) is 1.48. The third-order valence-electron chi connectivity index (χ3n) is 3.24. The molecular formula is C17H13ClFN3O2S. The van der Waals surface area contributed by atoms with Gasteiger partial charge in [-0.2, -0.15) is 0 Å². The first-order valence-electron chi connectivity index (χ1n) is 7.20. The minimum atomic E-state index is -3.92. The smallest absolute Gasteiger partial charge is 0.265 e. The maximum atomic E-state index is 13.0. The zero-order valence-electron chi connectivity index (χ0n) is 12.8. The van der Waals surface area contributed by atoms with Crippen LogP contribution in [0.15, 0.2) is 71.8 Å². The highest BCUT2D eigenvalue weighted by Crippen LogP contribution is 2.26. The Labute approximate surface area is 149 Å². The Morgan fingerprint density at radius 1 is 0.960 bits per heavy atom. The summed E-state index contributed by atoms with van der Waals surface area (Å²) < 4.78 is 40.7. The first-order chi connectivity index (χ1) is 11.9. The van der Waals surface area contributed by atoms with Crippen molar-refractivity contribution in [1.29, 1.82) is 0 Å². The van der Waals surface area contributed by atoms with Gasteiger partial charge < -0.3 is 5.32 Å². The maximum absolute atomic E-state index is 13.0. The number of nitrogens with zero attached hydrogens (tertiary/aromatic N) is 1. The fraction of sp³-hybridized carbons (Fsp3) is 0. The number of aromatic nitrogens is 1. The monoisotopic (exact) mass is 377 g/mol. The van der Waals surface area contributed by atoms with Crippen LogP contribution in [0.4, 0.5) is 21.6 Å². The van der Waals surface area contributed by atoms with Gasteiger partial charge in [0, 0.05) is 22.6 Å². The molecule has 0 saturated heterocycles. The van der Waals surface area contributed by atoms with Gasteiger partial charge in [0.05, 0.1) is 0 Å². The Hall–Kier alpha value is -2.64. The minimum Gasteiger partial charge on any atom is -0.339 e. The molecule has 0 bridgehead atoms. The molecule has 25 heavy (non-hydrogen) atoms. The molecule has 0 aliphatic heterocycles. The number of nitrogens with one attached hydrogen (secondary N) is 2. The second-order valence-corrected chi connectivity index (χ2v) is 7.19. The molecule has 0 unspecified atom stereocenters. The van der Waals surface area contributed by atoms with Crippen molar-refractivity contribution in [3.63, 3.8) is 0 Å². The third-order valence-corrected chi connectivity index (χ3v) is 4.89. The molecule has 0 amide bonds. The Bertz CT molecular complexity index is 995. The highest BCUT2D eigenvalue weighted by molar-refractivity contribution is 7.92. The van der Waals surface area contributed by atoms with E-state index in [2.05, 4.69) is 15.0 Å². The SMILES string of the molecule is O=S(=O)(Nc1ccc(F)cc1)c1cccnc1Nc1cccc(Cl)c1. The van der Waals surface area contributed by atoms with E-state index in [1.54, 1.807) is 24.3 Å². The summed E-state index contributed by atoms with van der Waals surface area (Å²) in [6, 6.07) is 14.8. The summed E-state index contributed by atoms with van der Waals surface area (Å²) in [5.74, 6) is -0.299. The molecule has 3 aromatic rings. The number of pyridine rings is 1. The Kier molecular flexibility index (Phi) is 4.87. The van der Waals surface area contributed by atoms with Gasteiger partial charge in [0.25, 0.3) is 10.0 Å². The van der Waals surface area contributed by atoms with Crippen LogP contribution in [0.3, 0.4) is 0 Å². The van der Waals surface area contributed by atoms with Crippen LogP contribution in [-0.2, 0) is 10.0 Å². The molecule has 0 spiro atoms. The Balaban J connectivity index is 1.92. The second kappa shape index (κ2) is 7.08. The lowest BCUT2D eigenvalue weighted by Crippen LogP contribution is -2.15. The van der Waals surface area contributed by atoms with E-state index in [0.29, 0.717) is 10.7 Å². The fourth-order valence-electron chi connectivity index (χ4n) is 2.13. The van der Waals surface area contributed by atoms with Crippen LogP contribution < -0.4 is 10.0 Å². The van der Waals surface area contributed by atoms with Crippen LogP contribution in [0.5, 0.6) is 0 Å². The van der Waals surface area contributed by atoms with Gasteiger partial charge in [-0.1, -0.05) is 17.7 Å². The number of rotatable bonds is 5. The zero-order valence-corrected chi connectivity index (χ0v) is 14.4. The molecule has 1 aromatic heterocycles. The van der Waals surface area contributed by atoms with Crippen LogP contribution >= 0.6 is 11.6 Å². The van der Waals surface area contributed by atoms with Gasteiger partial charge in [-0.25, -0.2) is 17.8 Å². The highest BCUT2D eigenvalue weighted by atomic mass is 35.5. The molecule has 3 rings (SSSR count). The van der Waals surface area contributed by atoms with Crippen molar-refractivity contribution >= 4 is 38.8 Å². The van der Waals surface area contributed by atoms with Gasteiger partial charge in [-0.3, -0.25) is 4.72 Å². The van der Waals surface area contributed by atoms with Gasteiger partial charge in [0.15, 0.2) is 5.82 Å². The molecule has 0 atom stereocenters. The van der Waals surface area contributed by atoms with Crippen LogP contribution in [0.25, 0.3) is 0 Å². The van der Waals surface area contributed by atoms with Crippen LogP contribution in [0.2, 0.25) is 5.02 Å². The van der Waals surface area contributed by atoms with Gasteiger partial charge in [0.2, 0.25) is 0 Å². The van der Waals surface area contributed by atoms with Gasteiger partial charge in [0.1, 0.15) is 10.7 Å². The molecule has 2 N–H and O–H groups in total.